The van der Waals surface area contributed by atoms with Crippen LogP contribution in [-0.4, -0.2) is 24.9 Å². The topological polar surface area (TPSA) is 68.8 Å². The summed E-state index contributed by atoms with van der Waals surface area (Å²) in [7, 11) is 0. The van der Waals surface area contributed by atoms with Gasteiger partial charge < -0.3 is 0 Å². The van der Waals surface area contributed by atoms with Crippen molar-refractivity contribution in [3.8, 4) is 67.7 Å². The first-order valence-corrected chi connectivity index (χ1v) is 18.4. The number of pyridine rings is 1. The molecule has 0 N–H and O–H groups in total. The van der Waals surface area contributed by atoms with Gasteiger partial charge in [0, 0.05) is 44.2 Å². The van der Waals surface area contributed by atoms with Crippen molar-refractivity contribution in [3.63, 3.8) is 0 Å². The quantitative estimate of drug-likeness (QED) is 0.127. The molecule has 0 fully saturated rings. The second kappa shape index (κ2) is 13.8. The third-order valence-corrected chi connectivity index (χ3v) is 10.1. The SMILES string of the molecule is [C-]#[N+]c1cc2nc(-c3ccccc3)c(-c3ccccc3)nc2c2c(-c3ccc(-c4cc(-c5ccccc5)nc(-c5ccccc5)n4)cc3)nc3ccccc3c12. The number of hydrogen-bond donors (Lipinski definition) is 0. The minimum atomic E-state index is 0.507. The van der Waals surface area contributed by atoms with Gasteiger partial charge in [-0.3, -0.25) is 0 Å². The van der Waals surface area contributed by atoms with Crippen molar-refractivity contribution < 1.29 is 0 Å². The summed E-state index contributed by atoms with van der Waals surface area (Å²) < 4.78 is 0. The van der Waals surface area contributed by atoms with E-state index in [1.165, 1.54) is 0 Å². The first kappa shape index (κ1) is 32.7. The molecule has 7 aromatic carbocycles. The molecule has 260 valence electrons. The lowest BCUT2D eigenvalue weighted by molar-refractivity contribution is 1.18. The van der Waals surface area contributed by atoms with Gasteiger partial charge in [0.05, 0.1) is 51.6 Å². The molecule has 3 heterocycles. The summed E-state index contributed by atoms with van der Waals surface area (Å²) in [6.45, 7) is 8.37. The van der Waals surface area contributed by atoms with Gasteiger partial charge in [0.25, 0.3) is 0 Å². The number of benzene rings is 7. The number of fused-ring (bicyclic) bond motifs is 5. The molecule has 0 aliphatic heterocycles. The fourth-order valence-electron chi connectivity index (χ4n) is 7.40. The summed E-state index contributed by atoms with van der Waals surface area (Å²) in [6, 6.07) is 60.8. The summed E-state index contributed by atoms with van der Waals surface area (Å²) in [4.78, 5) is 30.1. The van der Waals surface area contributed by atoms with Gasteiger partial charge >= 0.3 is 0 Å². The number of nitrogens with zero attached hydrogens (tertiary/aromatic N) is 6. The summed E-state index contributed by atoms with van der Waals surface area (Å²) in [5, 5.41) is 2.51. The molecule has 6 heteroatoms. The number of hydrogen-bond acceptors (Lipinski definition) is 5. The third kappa shape index (κ3) is 5.81. The zero-order chi connectivity index (χ0) is 37.4. The molecule has 0 bridgehead atoms. The Labute approximate surface area is 323 Å². The summed E-state index contributed by atoms with van der Waals surface area (Å²) in [6.07, 6.45) is 0. The highest BCUT2D eigenvalue weighted by Crippen LogP contribution is 2.43. The van der Waals surface area contributed by atoms with E-state index >= 15 is 0 Å². The minimum absolute atomic E-state index is 0.507. The fraction of sp³-hybridized carbons (Fsp3) is 0. The van der Waals surface area contributed by atoms with Crippen molar-refractivity contribution in [2.24, 2.45) is 0 Å². The van der Waals surface area contributed by atoms with Gasteiger partial charge in [-0.1, -0.05) is 164 Å². The second-order valence-electron chi connectivity index (χ2n) is 13.5. The van der Waals surface area contributed by atoms with Crippen LogP contribution in [0, 0.1) is 6.57 Å². The van der Waals surface area contributed by atoms with E-state index in [1.807, 2.05) is 133 Å². The van der Waals surface area contributed by atoms with Crippen LogP contribution in [-0.2, 0) is 0 Å². The second-order valence-corrected chi connectivity index (χ2v) is 13.5. The number of para-hydroxylation sites is 1. The molecule has 0 saturated heterocycles. The van der Waals surface area contributed by atoms with Crippen LogP contribution in [0.4, 0.5) is 5.69 Å². The normalized spacial score (nSPS) is 11.2. The van der Waals surface area contributed by atoms with Crippen LogP contribution in [0.25, 0.3) is 105 Å². The molecule has 10 aromatic rings. The van der Waals surface area contributed by atoms with Crippen molar-refractivity contribution in [1.29, 1.82) is 0 Å². The molecule has 0 unspecified atom stereocenters. The van der Waals surface area contributed by atoms with E-state index in [-0.39, 0.29) is 0 Å². The van der Waals surface area contributed by atoms with E-state index in [0.717, 1.165) is 83.5 Å². The first-order valence-electron chi connectivity index (χ1n) is 18.4. The molecule has 0 aliphatic carbocycles. The lowest BCUT2D eigenvalue weighted by atomic mass is 9.95. The van der Waals surface area contributed by atoms with Gasteiger partial charge in [0.15, 0.2) is 11.5 Å². The van der Waals surface area contributed by atoms with Crippen LogP contribution in [0.5, 0.6) is 0 Å². The van der Waals surface area contributed by atoms with Crippen LogP contribution in [0.3, 0.4) is 0 Å². The molecule has 0 aliphatic rings. The zero-order valence-corrected chi connectivity index (χ0v) is 30.0. The summed E-state index contributed by atoms with van der Waals surface area (Å²) in [5.41, 5.74) is 12.3. The minimum Gasteiger partial charge on any atom is -0.247 e. The largest absolute Gasteiger partial charge is 0.247 e. The monoisotopic (exact) mass is 714 g/mol. The lowest BCUT2D eigenvalue weighted by Crippen LogP contribution is -1.99. The van der Waals surface area contributed by atoms with Crippen molar-refractivity contribution in [1.82, 2.24) is 24.9 Å². The van der Waals surface area contributed by atoms with E-state index in [4.69, 9.17) is 31.5 Å². The van der Waals surface area contributed by atoms with Gasteiger partial charge in [0.2, 0.25) is 0 Å². The van der Waals surface area contributed by atoms with E-state index in [0.29, 0.717) is 22.5 Å². The van der Waals surface area contributed by atoms with Crippen molar-refractivity contribution in [3.05, 3.63) is 193 Å². The van der Waals surface area contributed by atoms with Crippen LogP contribution < -0.4 is 0 Å². The Hall–Kier alpha value is -7.88. The average molecular weight is 715 g/mol. The summed E-state index contributed by atoms with van der Waals surface area (Å²) in [5.74, 6) is 0.661. The molecule has 0 saturated carbocycles. The van der Waals surface area contributed by atoms with E-state index < -0.39 is 0 Å². The Morgan fingerprint density at radius 1 is 0.357 bits per heavy atom. The molecular formula is C50H30N6. The predicted molar refractivity (Wildman–Crippen MR) is 227 cm³/mol. The molecule has 3 aromatic heterocycles. The Morgan fingerprint density at radius 2 is 0.821 bits per heavy atom. The molecule has 0 radical (unpaired) electrons. The van der Waals surface area contributed by atoms with Crippen LogP contribution in [0.2, 0.25) is 0 Å². The van der Waals surface area contributed by atoms with Crippen LogP contribution in [0.1, 0.15) is 0 Å². The van der Waals surface area contributed by atoms with Gasteiger partial charge in [-0.2, -0.15) is 0 Å². The summed E-state index contributed by atoms with van der Waals surface area (Å²) >= 11 is 0. The number of aromatic nitrogens is 5. The molecule has 6 nitrogen and oxygen atoms in total. The molecular weight excluding hydrogens is 685 g/mol. The van der Waals surface area contributed by atoms with E-state index in [9.17, 15) is 0 Å². The van der Waals surface area contributed by atoms with Crippen LogP contribution in [0.15, 0.2) is 182 Å². The smallest absolute Gasteiger partial charge is 0.197 e. The highest BCUT2D eigenvalue weighted by Gasteiger charge is 2.22. The Balaban J connectivity index is 1.21. The number of rotatable bonds is 6. The van der Waals surface area contributed by atoms with Crippen molar-refractivity contribution >= 4 is 38.4 Å². The molecule has 10 rings (SSSR count). The molecule has 0 amide bonds. The van der Waals surface area contributed by atoms with Crippen molar-refractivity contribution in [2.75, 3.05) is 0 Å². The van der Waals surface area contributed by atoms with Gasteiger partial charge in [0.1, 0.15) is 0 Å². The fourth-order valence-corrected chi connectivity index (χ4v) is 7.40. The lowest BCUT2D eigenvalue weighted by Gasteiger charge is -2.16. The van der Waals surface area contributed by atoms with Crippen molar-refractivity contribution in [2.45, 2.75) is 0 Å². The maximum absolute atomic E-state index is 8.37. The molecule has 0 atom stereocenters. The Morgan fingerprint density at radius 3 is 1.43 bits per heavy atom. The van der Waals surface area contributed by atoms with Gasteiger partial charge in [-0.15, -0.1) is 0 Å². The first-order chi connectivity index (χ1) is 27.7. The highest BCUT2D eigenvalue weighted by atomic mass is 14.9. The average Bonchev–Trinajstić information content (AvgIpc) is 3.29. The van der Waals surface area contributed by atoms with E-state index in [1.54, 1.807) is 0 Å². The Bertz CT molecular complexity index is 3050. The molecule has 0 spiro atoms. The third-order valence-electron chi connectivity index (χ3n) is 10.1. The highest BCUT2D eigenvalue weighted by molar-refractivity contribution is 6.24. The predicted octanol–water partition coefficient (Wildman–Crippen LogP) is 12.7. The Kier molecular flexibility index (Phi) is 8.09. The maximum Gasteiger partial charge on any atom is 0.197 e. The van der Waals surface area contributed by atoms with Crippen LogP contribution >= 0.6 is 0 Å². The van der Waals surface area contributed by atoms with Gasteiger partial charge in [-0.25, -0.2) is 29.8 Å². The standard InChI is InChI=1S/C50H30N6/c1-51-42-31-43-49(56-48(35-20-10-4-11-21-35)47(53-43)34-18-8-3-9-19-34)45-44(42)38-24-14-15-25-39(38)52-46(45)36-28-26-33(27-29-36)41-30-40(32-16-6-2-7-17-32)54-50(55-41)37-22-12-5-13-23-37/h2-31H. The maximum atomic E-state index is 8.37. The van der Waals surface area contributed by atoms with Gasteiger partial charge in [-0.05, 0) is 23.6 Å². The zero-order valence-electron chi connectivity index (χ0n) is 30.0. The van der Waals surface area contributed by atoms with E-state index in [2.05, 4.69) is 53.4 Å². The molecule has 56 heavy (non-hydrogen) atoms.